The summed E-state index contributed by atoms with van der Waals surface area (Å²) in [5, 5.41) is 13.0. The van der Waals surface area contributed by atoms with E-state index in [-0.39, 0.29) is 12.1 Å². The molecule has 0 radical (unpaired) electrons. The molecule has 2 heteroatoms. The predicted molar refractivity (Wildman–Crippen MR) is 60.1 cm³/mol. The van der Waals surface area contributed by atoms with Crippen LogP contribution in [0.5, 0.6) is 0 Å². The van der Waals surface area contributed by atoms with Gasteiger partial charge in [-0.1, -0.05) is 37.0 Å². The summed E-state index contributed by atoms with van der Waals surface area (Å²) in [5.74, 6) is 0. The summed E-state index contributed by atoms with van der Waals surface area (Å²) >= 11 is 0. The Morgan fingerprint density at radius 3 is 3.00 bits per heavy atom. The Morgan fingerprint density at radius 2 is 2.36 bits per heavy atom. The van der Waals surface area contributed by atoms with Crippen LogP contribution in [0.4, 0.5) is 0 Å². The van der Waals surface area contributed by atoms with Gasteiger partial charge in [0, 0.05) is 6.04 Å². The fraction of sp³-hybridized carbons (Fsp3) is 0.500. The molecule has 0 aromatic heterocycles. The molecule has 0 aromatic carbocycles. The normalized spacial score (nSPS) is 27.8. The molecule has 0 saturated carbocycles. The number of aliphatic hydroxyl groups excluding tert-OH is 1. The predicted octanol–water partition coefficient (Wildman–Crippen LogP) is 1.79. The molecule has 2 nitrogen and oxygen atoms in total. The molecule has 0 amide bonds. The molecule has 1 aliphatic heterocycles. The van der Waals surface area contributed by atoms with Gasteiger partial charge in [0.1, 0.15) is 0 Å². The zero-order valence-electron chi connectivity index (χ0n) is 8.58. The average Bonchev–Trinajstić information content (AvgIpc) is 2.18. The summed E-state index contributed by atoms with van der Waals surface area (Å²) in [6.45, 7) is 8.54. The smallest absolute Gasteiger partial charge is 0.0696 e. The second-order valence-electron chi connectivity index (χ2n) is 3.73. The van der Waals surface area contributed by atoms with E-state index < -0.39 is 0 Å². The maximum Gasteiger partial charge on any atom is 0.0696 e. The Kier molecular flexibility index (Phi) is 4.63. The summed E-state index contributed by atoms with van der Waals surface area (Å²) in [6, 6.07) is 0.172. The van der Waals surface area contributed by atoms with E-state index in [9.17, 15) is 5.11 Å². The van der Waals surface area contributed by atoms with Crippen molar-refractivity contribution in [1.29, 1.82) is 0 Å². The van der Waals surface area contributed by atoms with Crippen LogP contribution in [0.3, 0.4) is 0 Å². The van der Waals surface area contributed by atoms with Crippen molar-refractivity contribution in [3.05, 3.63) is 37.0 Å². The highest BCUT2D eigenvalue weighted by atomic mass is 16.3. The summed E-state index contributed by atoms with van der Waals surface area (Å²) in [7, 11) is 0. The third-order valence-electron chi connectivity index (χ3n) is 2.50. The van der Waals surface area contributed by atoms with Crippen molar-refractivity contribution in [2.75, 3.05) is 6.54 Å². The molecule has 2 unspecified atom stereocenters. The van der Waals surface area contributed by atoms with Gasteiger partial charge in [-0.05, 0) is 25.8 Å². The molecule has 1 saturated heterocycles. The fourth-order valence-corrected chi connectivity index (χ4v) is 1.70. The van der Waals surface area contributed by atoms with Gasteiger partial charge in [-0.2, -0.15) is 0 Å². The van der Waals surface area contributed by atoms with Crippen LogP contribution in [0.1, 0.15) is 19.3 Å². The van der Waals surface area contributed by atoms with Crippen LogP contribution < -0.4 is 5.32 Å². The van der Waals surface area contributed by atoms with Crippen molar-refractivity contribution < 1.29 is 5.11 Å². The molecule has 2 N–H and O–H groups in total. The minimum absolute atomic E-state index is 0.172. The topological polar surface area (TPSA) is 32.3 Å². The van der Waals surface area contributed by atoms with E-state index in [2.05, 4.69) is 18.5 Å². The second-order valence-corrected chi connectivity index (χ2v) is 3.73. The second kappa shape index (κ2) is 5.78. The molecule has 0 spiro atoms. The fourth-order valence-electron chi connectivity index (χ4n) is 1.70. The van der Waals surface area contributed by atoms with Crippen LogP contribution in [-0.2, 0) is 0 Å². The first-order valence-electron chi connectivity index (χ1n) is 5.12. The Balaban J connectivity index is 2.38. The van der Waals surface area contributed by atoms with Gasteiger partial charge in [-0.3, -0.25) is 0 Å². The molecule has 1 rings (SSSR count). The van der Waals surface area contributed by atoms with Gasteiger partial charge in [0.05, 0.1) is 6.10 Å². The summed E-state index contributed by atoms with van der Waals surface area (Å²) < 4.78 is 0. The minimum Gasteiger partial charge on any atom is -0.391 e. The number of hydrogen-bond donors (Lipinski definition) is 2. The van der Waals surface area contributed by atoms with E-state index in [1.165, 1.54) is 0 Å². The number of nitrogens with one attached hydrogen (secondary N) is 1. The van der Waals surface area contributed by atoms with Crippen molar-refractivity contribution in [2.24, 2.45) is 0 Å². The molecule has 78 valence electrons. The molecule has 1 aliphatic rings. The summed E-state index contributed by atoms with van der Waals surface area (Å²) in [5.41, 5.74) is 1.03. The van der Waals surface area contributed by atoms with Gasteiger partial charge < -0.3 is 10.4 Å². The number of rotatable bonds is 4. The average molecular weight is 193 g/mol. The third kappa shape index (κ3) is 3.48. The van der Waals surface area contributed by atoms with Crippen molar-refractivity contribution in [3.8, 4) is 0 Å². The van der Waals surface area contributed by atoms with E-state index >= 15 is 0 Å². The molecule has 0 bridgehead atoms. The first-order valence-corrected chi connectivity index (χ1v) is 5.12. The number of aliphatic hydroxyl groups is 1. The SMILES string of the molecule is C=C/C=C\C(=C)CC1NCCCC1O. The van der Waals surface area contributed by atoms with E-state index in [1.807, 2.05) is 12.2 Å². The van der Waals surface area contributed by atoms with Gasteiger partial charge in [0.15, 0.2) is 0 Å². The van der Waals surface area contributed by atoms with Crippen molar-refractivity contribution in [1.82, 2.24) is 5.32 Å². The van der Waals surface area contributed by atoms with Crippen LogP contribution in [0.25, 0.3) is 0 Å². The lowest BCUT2D eigenvalue weighted by Crippen LogP contribution is -2.44. The molecule has 0 aromatic rings. The van der Waals surface area contributed by atoms with E-state index in [0.29, 0.717) is 0 Å². The molecule has 14 heavy (non-hydrogen) atoms. The largest absolute Gasteiger partial charge is 0.391 e. The number of hydrogen-bond acceptors (Lipinski definition) is 2. The molecular weight excluding hydrogens is 174 g/mol. The summed E-state index contributed by atoms with van der Waals surface area (Å²) in [4.78, 5) is 0. The highest BCUT2D eigenvalue weighted by molar-refractivity contribution is 5.19. The van der Waals surface area contributed by atoms with Gasteiger partial charge in [-0.25, -0.2) is 0 Å². The van der Waals surface area contributed by atoms with Gasteiger partial charge in [-0.15, -0.1) is 0 Å². The lowest BCUT2D eigenvalue weighted by molar-refractivity contribution is 0.0967. The quantitative estimate of drug-likeness (QED) is 0.667. The molecule has 0 aliphatic carbocycles. The monoisotopic (exact) mass is 193 g/mol. The van der Waals surface area contributed by atoms with Crippen molar-refractivity contribution in [2.45, 2.75) is 31.4 Å². The first-order chi connectivity index (χ1) is 6.74. The van der Waals surface area contributed by atoms with Gasteiger partial charge in [0.25, 0.3) is 0 Å². The molecule has 1 heterocycles. The van der Waals surface area contributed by atoms with Crippen LogP contribution in [-0.4, -0.2) is 23.8 Å². The lowest BCUT2D eigenvalue weighted by Gasteiger charge is -2.29. The van der Waals surface area contributed by atoms with Gasteiger partial charge in [0.2, 0.25) is 0 Å². The molecule has 2 atom stereocenters. The zero-order chi connectivity index (χ0) is 10.4. The standard InChI is InChI=1S/C12H19NO/c1-3-4-6-10(2)9-11-12(14)7-5-8-13-11/h3-4,6,11-14H,1-2,5,7-9H2/b6-4-. The maximum atomic E-state index is 9.70. The van der Waals surface area contributed by atoms with Crippen LogP contribution >= 0.6 is 0 Å². The van der Waals surface area contributed by atoms with E-state index in [0.717, 1.165) is 31.4 Å². The summed E-state index contributed by atoms with van der Waals surface area (Å²) in [6.07, 6.45) is 8.09. The van der Waals surface area contributed by atoms with Gasteiger partial charge >= 0.3 is 0 Å². The van der Waals surface area contributed by atoms with Crippen molar-refractivity contribution >= 4 is 0 Å². The first kappa shape index (κ1) is 11.2. The highest BCUT2D eigenvalue weighted by Crippen LogP contribution is 2.15. The van der Waals surface area contributed by atoms with Crippen molar-refractivity contribution in [3.63, 3.8) is 0 Å². The molecular formula is C12H19NO. The highest BCUT2D eigenvalue weighted by Gasteiger charge is 2.22. The number of piperidine rings is 1. The Labute approximate surface area is 86.0 Å². The van der Waals surface area contributed by atoms with Crippen LogP contribution in [0.2, 0.25) is 0 Å². The molecule has 1 fully saturated rings. The zero-order valence-corrected chi connectivity index (χ0v) is 8.58. The Hall–Kier alpha value is -0.860. The van der Waals surface area contributed by atoms with E-state index in [4.69, 9.17) is 0 Å². The van der Waals surface area contributed by atoms with Crippen LogP contribution in [0.15, 0.2) is 37.0 Å². The maximum absolute atomic E-state index is 9.70. The third-order valence-corrected chi connectivity index (χ3v) is 2.50. The lowest BCUT2D eigenvalue weighted by atomic mass is 9.95. The van der Waals surface area contributed by atoms with Crippen LogP contribution in [0, 0.1) is 0 Å². The minimum atomic E-state index is -0.224. The van der Waals surface area contributed by atoms with E-state index in [1.54, 1.807) is 6.08 Å². The number of allylic oxidation sites excluding steroid dienone is 3. The Bertz CT molecular complexity index is 232. The Morgan fingerprint density at radius 1 is 1.57 bits per heavy atom.